The van der Waals surface area contributed by atoms with Gasteiger partial charge in [-0.1, -0.05) is 37.5 Å². The maximum Gasteiger partial charge on any atom is 0.252 e. The van der Waals surface area contributed by atoms with Gasteiger partial charge in [0, 0.05) is 23.8 Å². The number of nitrogens with one attached hydrogen (secondary N) is 2. The number of amides is 2. The molecule has 24 heavy (non-hydrogen) atoms. The van der Waals surface area contributed by atoms with Gasteiger partial charge in [0.15, 0.2) is 0 Å². The molecule has 1 fully saturated rings. The molecule has 0 aromatic heterocycles. The van der Waals surface area contributed by atoms with E-state index in [1.165, 1.54) is 32.1 Å². The Labute approximate surface area is 148 Å². The van der Waals surface area contributed by atoms with E-state index in [9.17, 15) is 9.59 Å². The van der Waals surface area contributed by atoms with Crippen LogP contribution in [0.5, 0.6) is 0 Å². The quantitative estimate of drug-likeness (QED) is 0.779. The van der Waals surface area contributed by atoms with Crippen LogP contribution in [-0.2, 0) is 11.2 Å². The molecule has 4 nitrogen and oxygen atoms in total. The van der Waals surface area contributed by atoms with Crippen LogP contribution >= 0.6 is 11.8 Å². The largest absolute Gasteiger partial charge is 0.354 e. The first-order chi connectivity index (χ1) is 11.7. The number of fused-ring (bicyclic) bond motifs is 1. The summed E-state index contributed by atoms with van der Waals surface area (Å²) in [5.41, 5.74) is 1.64. The highest BCUT2D eigenvalue weighted by molar-refractivity contribution is 7.99. The van der Waals surface area contributed by atoms with E-state index in [4.69, 9.17) is 0 Å². The summed E-state index contributed by atoms with van der Waals surface area (Å²) in [6.07, 6.45) is 8.40. The fourth-order valence-corrected chi connectivity index (χ4v) is 4.78. The number of benzene rings is 1. The van der Waals surface area contributed by atoms with Crippen molar-refractivity contribution in [3.05, 3.63) is 35.4 Å². The van der Waals surface area contributed by atoms with Gasteiger partial charge in [-0.25, -0.2) is 0 Å². The molecule has 2 aliphatic rings. The Bertz CT molecular complexity index is 584. The van der Waals surface area contributed by atoms with Crippen LogP contribution in [0.2, 0.25) is 0 Å². The second-order valence-corrected chi connectivity index (χ2v) is 8.07. The highest BCUT2D eigenvalue weighted by atomic mass is 32.2. The van der Waals surface area contributed by atoms with Crippen LogP contribution in [0, 0.1) is 0 Å². The minimum absolute atomic E-state index is 0.0690. The van der Waals surface area contributed by atoms with Crippen molar-refractivity contribution >= 4 is 23.6 Å². The summed E-state index contributed by atoms with van der Waals surface area (Å²) < 4.78 is 0. The van der Waals surface area contributed by atoms with Crippen LogP contribution in [0.4, 0.5) is 0 Å². The van der Waals surface area contributed by atoms with Gasteiger partial charge in [-0.15, -0.1) is 0 Å². The van der Waals surface area contributed by atoms with E-state index >= 15 is 0 Å². The number of carbonyl (C=O) groups excluding carboxylic acids is 2. The van der Waals surface area contributed by atoms with Gasteiger partial charge in [0.05, 0.1) is 0 Å². The standard InChI is InChI=1S/C19H26N2O2S/c22-18-16-10-5-4-7-14(16)13-17(21-18)19(23)20-11-6-12-24-15-8-2-1-3-9-15/h4-5,7,10,15,17H,1-3,6,8-9,11-13H2,(H,20,23)(H,21,22). The highest BCUT2D eigenvalue weighted by Gasteiger charge is 2.28. The van der Waals surface area contributed by atoms with Crippen molar-refractivity contribution in [2.24, 2.45) is 0 Å². The second-order valence-electron chi connectivity index (χ2n) is 6.66. The summed E-state index contributed by atoms with van der Waals surface area (Å²) >= 11 is 2.05. The van der Waals surface area contributed by atoms with Gasteiger partial charge in [0.2, 0.25) is 5.91 Å². The van der Waals surface area contributed by atoms with Crippen molar-refractivity contribution in [3.63, 3.8) is 0 Å². The molecular formula is C19H26N2O2S. The summed E-state index contributed by atoms with van der Waals surface area (Å²) in [6, 6.07) is 7.05. The molecule has 1 unspecified atom stereocenters. The molecule has 0 radical (unpaired) electrons. The van der Waals surface area contributed by atoms with Crippen molar-refractivity contribution in [1.82, 2.24) is 10.6 Å². The number of hydrogen-bond donors (Lipinski definition) is 2. The van der Waals surface area contributed by atoms with Crippen LogP contribution in [0.15, 0.2) is 24.3 Å². The molecule has 3 rings (SSSR count). The van der Waals surface area contributed by atoms with Crippen molar-refractivity contribution in [3.8, 4) is 0 Å². The number of rotatable bonds is 6. The van der Waals surface area contributed by atoms with Gasteiger partial charge in [-0.3, -0.25) is 9.59 Å². The predicted octanol–water partition coefficient (Wildman–Crippen LogP) is 2.91. The number of carbonyl (C=O) groups is 2. The Morgan fingerprint density at radius 1 is 1.21 bits per heavy atom. The zero-order valence-electron chi connectivity index (χ0n) is 14.1. The third-order valence-corrected chi connectivity index (χ3v) is 6.30. The minimum Gasteiger partial charge on any atom is -0.354 e. The Balaban J connectivity index is 1.37. The van der Waals surface area contributed by atoms with E-state index < -0.39 is 6.04 Å². The lowest BCUT2D eigenvalue weighted by Gasteiger charge is -2.25. The van der Waals surface area contributed by atoms with Crippen molar-refractivity contribution in [1.29, 1.82) is 0 Å². The molecule has 2 amide bonds. The fourth-order valence-electron chi connectivity index (χ4n) is 3.47. The molecule has 130 valence electrons. The molecule has 2 N–H and O–H groups in total. The molecule has 0 spiro atoms. The molecule has 1 heterocycles. The molecule has 1 aliphatic carbocycles. The van der Waals surface area contributed by atoms with E-state index in [0.29, 0.717) is 18.5 Å². The number of thioether (sulfide) groups is 1. The molecule has 1 saturated carbocycles. The second kappa shape index (κ2) is 8.56. The first-order valence-electron chi connectivity index (χ1n) is 9.02. The molecule has 1 aliphatic heterocycles. The van der Waals surface area contributed by atoms with E-state index in [1.807, 2.05) is 18.2 Å². The molecule has 1 aromatic rings. The Morgan fingerprint density at radius 3 is 2.83 bits per heavy atom. The van der Waals surface area contributed by atoms with Crippen LogP contribution in [0.1, 0.15) is 54.4 Å². The van der Waals surface area contributed by atoms with Crippen molar-refractivity contribution < 1.29 is 9.59 Å². The summed E-state index contributed by atoms with van der Waals surface area (Å²) in [6.45, 7) is 0.687. The van der Waals surface area contributed by atoms with E-state index in [0.717, 1.165) is 23.0 Å². The summed E-state index contributed by atoms with van der Waals surface area (Å²) in [4.78, 5) is 24.3. The van der Waals surface area contributed by atoms with Crippen LogP contribution in [0.25, 0.3) is 0 Å². The van der Waals surface area contributed by atoms with Crippen molar-refractivity contribution in [2.75, 3.05) is 12.3 Å². The Hall–Kier alpha value is -1.49. The Kier molecular flexibility index (Phi) is 6.18. The van der Waals surface area contributed by atoms with E-state index in [1.54, 1.807) is 6.07 Å². The van der Waals surface area contributed by atoms with Crippen molar-refractivity contribution in [2.45, 2.75) is 56.2 Å². The minimum atomic E-state index is -0.446. The van der Waals surface area contributed by atoms with Gasteiger partial charge >= 0.3 is 0 Å². The van der Waals surface area contributed by atoms with Gasteiger partial charge in [-0.05, 0) is 36.6 Å². The third-order valence-electron chi connectivity index (χ3n) is 4.83. The highest BCUT2D eigenvalue weighted by Crippen LogP contribution is 2.28. The average molecular weight is 346 g/mol. The molecule has 1 aromatic carbocycles. The Morgan fingerprint density at radius 2 is 2.00 bits per heavy atom. The van der Waals surface area contributed by atoms with Crippen LogP contribution in [0.3, 0.4) is 0 Å². The van der Waals surface area contributed by atoms with Crippen LogP contribution in [-0.4, -0.2) is 35.4 Å². The van der Waals surface area contributed by atoms with Crippen LogP contribution < -0.4 is 10.6 Å². The molecule has 5 heteroatoms. The SMILES string of the molecule is O=C1NC(C(=O)NCCCSC2CCCCC2)Cc2ccccc21. The molecular weight excluding hydrogens is 320 g/mol. The normalized spacial score (nSPS) is 21.0. The van der Waals surface area contributed by atoms with E-state index in [2.05, 4.69) is 22.4 Å². The zero-order chi connectivity index (χ0) is 16.8. The smallest absolute Gasteiger partial charge is 0.252 e. The fraction of sp³-hybridized carbons (Fsp3) is 0.579. The zero-order valence-corrected chi connectivity index (χ0v) is 14.9. The molecule has 0 bridgehead atoms. The summed E-state index contributed by atoms with van der Waals surface area (Å²) in [5.74, 6) is 0.885. The summed E-state index contributed by atoms with van der Waals surface area (Å²) in [7, 11) is 0. The third kappa shape index (κ3) is 4.53. The number of hydrogen-bond acceptors (Lipinski definition) is 3. The van der Waals surface area contributed by atoms with Gasteiger partial charge in [-0.2, -0.15) is 11.8 Å². The molecule has 1 atom stereocenters. The average Bonchev–Trinajstić information content (AvgIpc) is 2.62. The monoisotopic (exact) mass is 346 g/mol. The first kappa shape index (κ1) is 17.3. The van der Waals surface area contributed by atoms with Gasteiger partial charge in [0.25, 0.3) is 5.91 Å². The lowest BCUT2D eigenvalue weighted by atomic mass is 9.95. The predicted molar refractivity (Wildman–Crippen MR) is 98.4 cm³/mol. The van der Waals surface area contributed by atoms with Gasteiger partial charge < -0.3 is 10.6 Å². The maximum atomic E-state index is 12.3. The first-order valence-corrected chi connectivity index (χ1v) is 10.1. The van der Waals surface area contributed by atoms with Gasteiger partial charge in [0.1, 0.15) is 6.04 Å². The lowest BCUT2D eigenvalue weighted by molar-refractivity contribution is -0.123. The maximum absolute atomic E-state index is 12.3. The molecule has 0 saturated heterocycles. The van der Waals surface area contributed by atoms with E-state index in [-0.39, 0.29) is 11.8 Å². The topological polar surface area (TPSA) is 58.2 Å². The lowest BCUT2D eigenvalue weighted by Crippen LogP contribution is -2.51. The summed E-state index contributed by atoms with van der Waals surface area (Å²) in [5, 5.41) is 6.61.